The number of anilines is 1. The van der Waals surface area contributed by atoms with Crippen molar-refractivity contribution in [3.63, 3.8) is 0 Å². The normalized spacial score (nSPS) is 16.8. The average Bonchev–Trinajstić information content (AvgIpc) is 3.13. The Balaban J connectivity index is 1.71. The third kappa shape index (κ3) is 3.11. The SMILES string of the molecule is C[C@@H]1CN(C(=O)c2ccc(-n3ccnc3)cc2Cl)c2ccccc2CN1. The zero-order valence-corrected chi connectivity index (χ0v) is 15.1. The summed E-state index contributed by atoms with van der Waals surface area (Å²) < 4.78 is 1.85. The van der Waals surface area contributed by atoms with Crippen LogP contribution < -0.4 is 10.2 Å². The summed E-state index contributed by atoms with van der Waals surface area (Å²) in [5.41, 5.74) is 3.41. The lowest BCUT2D eigenvalue weighted by molar-refractivity contribution is 0.0985. The third-order valence-corrected chi connectivity index (χ3v) is 4.92. The minimum absolute atomic E-state index is 0.0878. The van der Waals surface area contributed by atoms with Gasteiger partial charge in [-0.05, 0) is 36.8 Å². The molecule has 1 atom stereocenters. The van der Waals surface area contributed by atoms with E-state index in [4.69, 9.17) is 11.6 Å². The summed E-state index contributed by atoms with van der Waals surface area (Å²) in [4.78, 5) is 19.1. The van der Waals surface area contributed by atoms with Crippen molar-refractivity contribution >= 4 is 23.2 Å². The molecule has 1 aliphatic rings. The molecule has 0 saturated carbocycles. The molecule has 1 aromatic heterocycles. The van der Waals surface area contributed by atoms with Crippen molar-refractivity contribution in [1.29, 1.82) is 0 Å². The topological polar surface area (TPSA) is 50.2 Å². The van der Waals surface area contributed by atoms with Crippen molar-refractivity contribution in [2.75, 3.05) is 11.4 Å². The van der Waals surface area contributed by atoms with Crippen LogP contribution >= 0.6 is 11.6 Å². The van der Waals surface area contributed by atoms with E-state index >= 15 is 0 Å². The number of hydrogen-bond donors (Lipinski definition) is 1. The Kier molecular flexibility index (Phi) is 4.49. The van der Waals surface area contributed by atoms with E-state index in [-0.39, 0.29) is 11.9 Å². The van der Waals surface area contributed by atoms with Crippen LogP contribution in [-0.4, -0.2) is 28.0 Å². The highest BCUT2D eigenvalue weighted by molar-refractivity contribution is 6.34. The predicted molar refractivity (Wildman–Crippen MR) is 103 cm³/mol. The molecular weight excluding hydrogens is 348 g/mol. The van der Waals surface area contributed by atoms with Crippen molar-refractivity contribution < 1.29 is 4.79 Å². The number of amides is 1. The fourth-order valence-electron chi connectivity index (χ4n) is 3.23. The second-order valence-corrected chi connectivity index (χ2v) is 6.87. The van der Waals surface area contributed by atoms with E-state index in [9.17, 15) is 4.79 Å². The van der Waals surface area contributed by atoms with Crippen LogP contribution in [0.3, 0.4) is 0 Å². The highest BCUT2D eigenvalue weighted by Gasteiger charge is 2.26. The number of hydrogen-bond acceptors (Lipinski definition) is 3. The number of carbonyl (C=O) groups is 1. The number of nitrogens with zero attached hydrogens (tertiary/aromatic N) is 3. The number of para-hydroxylation sites is 1. The van der Waals surface area contributed by atoms with Gasteiger partial charge in [0.05, 0.1) is 16.9 Å². The number of carbonyl (C=O) groups excluding carboxylic acids is 1. The van der Waals surface area contributed by atoms with Gasteiger partial charge in [-0.3, -0.25) is 4.79 Å². The number of nitrogens with one attached hydrogen (secondary N) is 1. The van der Waals surface area contributed by atoms with Gasteiger partial charge in [0.1, 0.15) is 0 Å². The Morgan fingerprint density at radius 2 is 2.12 bits per heavy atom. The number of benzene rings is 2. The van der Waals surface area contributed by atoms with Gasteiger partial charge < -0.3 is 14.8 Å². The molecule has 0 aliphatic carbocycles. The smallest absolute Gasteiger partial charge is 0.259 e. The van der Waals surface area contributed by atoms with Gasteiger partial charge in [-0.25, -0.2) is 4.98 Å². The van der Waals surface area contributed by atoms with Crippen molar-refractivity contribution in [3.8, 4) is 5.69 Å². The summed E-state index contributed by atoms with van der Waals surface area (Å²) in [6, 6.07) is 13.6. The van der Waals surface area contributed by atoms with E-state index in [1.807, 2.05) is 46.0 Å². The maximum atomic E-state index is 13.3. The lowest BCUT2D eigenvalue weighted by atomic mass is 10.1. The van der Waals surface area contributed by atoms with Crippen LogP contribution in [0.2, 0.25) is 5.02 Å². The van der Waals surface area contributed by atoms with E-state index in [2.05, 4.69) is 17.2 Å². The minimum atomic E-state index is -0.0878. The molecule has 0 saturated heterocycles. The summed E-state index contributed by atoms with van der Waals surface area (Å²) in [6.07, 6.45) is 5.24. The maximum Gasteiger partial charge on any atom is 0.259 e. The van der Waals surface area contributed by atoms with Gasteiger partial charge in [-0.15, -0.1) is 0 Å². The fraction of sp³-hybridized carbons (Fsp3) is 0.200. The Bertz CT molecular complexity index is 939. The standard InChI is InChI=1S/C20H19ClN4O/c1-14-12-25(19-5-3-2-4-15(19)11-23-14)20(26)17-7-6-16(10-18(17)21)24-9-8-22-13-24/h2-10,13-14,23H,11-12H2,1H3/t14-/m1/s1. The lowest BCUT2D eigenvalue weighted by Crippen LogP contribution is -2.39. The molecule has 6 heteroatoms. The van der Waals surface area contributed by atoms with Crippen LogP contribution in [-0.2, 0) is 6.54 Å². The summed E-state index contributed by atoms with van der Waals surface area (Å²) in [5, 5.41) is 3.88. The van der Waals surface area contributed by atoms with Gasteiger partial charge in [0.25, 0.3) is 5.91 Å². The Hall–Kier alpha value is -2.63. The molecule has 2 heterocycles. The second-order valence-electron chi connectivity index (χ2n) is 6.46. The van der Waals surface area contributed by atoms with Crippen LogP contribution in [0.1, 0.15) is 22.8 Å². The van der Waals surface area contributed by atoms with E-state index in [0.29, 0.717) is 17.1 Å². The van der Waals surface area contributed by atoms with E-state index in [0.717, 1.165) is 23.5 Å². The van der Waals surface area contributed by atoms with Gasteiger partial charge in [-0.2, -0.15) is 0 Å². The van der Waals surface area contributed by atoms with Gasteiger partial charge in [0.15, 0.2) is 0 Å². The molecule has 1 N–H and O–H groups in total. The molecule has 0 unspecified atom stereocenters. The quantitative estimate of drug-likeness (QED) is 0.753. The molecule has 1 amide bonds. The molecule has 2 aromatic carbocycles. The Morgan fingerprint density at radius 3 is 2.88 bits per heavy atom. The molecule has 3 aromatic rings. The van der Waals surface area contributed by atoms with Crippen molar-refractivity contribution in [3.05, 3.63) is 77.3 Å². The third-order valence-electron chi connectivity index (χ3n) is 4.61. The first-order chi connectivity index (χ1) is 12.6. The summed E-state index contributed by atoms with van der Waals surface area (Å²) in [5.74, 6) is -0.0878. The predicted octanol–water partition coefficient (Wildman–Crippen LogP) is 3.66. The zero-order valence-electron chi connectivity index (χ0n) is 14.4. The first-order valence-electron chi connectivity index (χ1n) is 8.54. The molecule has 0 spiro atoms. The van der Waals surface area contributed by atoms with Gasteiger partial charge in [0, 0.05) is 42.9 Å². The summed E-state index contributed by atoms with van der Waals surface area (Å²) in [7, 11) is 0. The highest BCUT2D eigenvalue weighted by atomic mass is 35.5. The molecule has 1 aliphatic heterocycles. The number of aromatic nitrogens is 2. The van der Waals surface area contributed by atoms with Gasteiger partial charge in [0.2, 0.25) is 0 Å². The monoisotopic (exact) mass is 366 g/mol. The van der Waals surface area contributed by atoms with Crippen LogP contribution in [0.4, 0.5) is 5.69 Å². The van der Waals surface area contributed by atoms with E-state index in [1.54, 1.807) is 24.7 Å². The maximum absolute atomic E-state index is 13.3. The molecule has 4 rings (SSSR count). The van der Waals surface area contributed by atoms with Gasteiger partial charge >= 0.3 is 0 Å². The number of imidazole rings is 1. The van der Waals surface area contributed by atoms with Crippen molar-refractivity contribution in [2.24, 2.45) is 0 Å². The first-order valence-corrected chi connectivity index (χ1v) is 8.92. The average molecular weight is 367 g/mol. The highest BCUT2D eigenvalue weighted by Crippen LogP contribution is 2.28. The van der Waals surface area contributed by atoms with Crippen LogP contribution in [0, 0.1) is 0 Å². The van der Waals surface area contributed by atoms with Crippen molar-refractivity contribution in [1.82, 2.24) is 14.9 Å². The van der Waals surface area contributed by atoms with Gasteiger partial charge in [-0.1, -0.05) is 29.8 Å². The van der Waals surface area contributed by atoms with Crippen LogP contribution in [0.15, 0.2) is 61.2 Å². The molecule has 132 valence electrons. The minimum Gasteiger partial charge on any atom is -0.308 e. The fourth-order valence-corrected chi connectivity index (χ4v) is 3.49. The Labute approximate surface area is 157 Å². The number of rotatable bonds is 2. The summed E-state index contributed by atoms with van der Waals surface area (Å²) >= 11 is 6.47. The van der Waals surface area contributed by atoms with Crippen LogP contribution in [0.25, 0.3) is 5.69 Å². The lowest BCUT2D eigenvalue weighted by Gasteiger charge is -2.25. The molecule has 0 fully saturated rings. The molecule has 0 radical (unpaired) electrons. The molecule has 5 nitrogen and oxygen atoms in total. The summed E-state index contributed by atoms with van der Waals surface area (Å²) in [6.45, 7) is 3.42. The number of halogens is 1. The number of fused-ring (bicyclic) bond motifs is 1. The molecular formula is C20H19ClN4O. The van der Waals surface area contributed by atoms with E-state index < -0.39 is 0 Å². The Morgan fingerprint density at radius 1 is 1.27 bits per heavy atom. The van der Waals surface area contributed by atoms with Crippen LogP contribution in [0.5, 0.6) is 0 Å². The molecule has 0 bridgehead atoms. The first kappa shape index (κ1) is 16.8. The zero-order chi connectivity index (χ0) is 18.1. The largest absolute Gasteiger partial charge is 0.308 e. The van der Waals surface area contributed by atoms with E-state index in [1.165, 1.54) is 0 Å². The second kappa shape index (κ2) is 6.94. The van der Waals surface area contributed by atoms with Crippen molar-refractivity contribution in [2.45, 2.75) is 19.5 Å². The molecule has 26 heavy (non-hydrogen) atoms.